The lowest BCUT2D eigenvalue weighted by Crippen LogP contribution is -2.14. The molecule has 8 heteroatoms. The normalized spacial score (nSPS) is 14.9. The molecule has 2 aromatic heterocycles. The van der Waals surface area contributed by atoms with Crippen LogP contribution < -0.4 is 5.84 Å². The van der Waals surface area contributed by atoms with Crippen LogP contribution in [0.1, 0.15) is 43.7 Å². The predicted molar refractivity (Wildman–Crippen MR) is 142 cm³/mol. The summed E-state index contributed by atoms with van der Waals surface area (Å²) in [5.41, 5.74) is 14.5. The van der Waals surface area contributed by atoms with E-state index in [1.165, 1.54) is 19.3 Å². The van der Waals surface area contributed by atoms with E-state index < -0.39 is 0 Å². The first-order valence-corrected chi connectivity index (χ1v) is 12.3. The highest BCUT2D eigenvalue weighted by Crippen LogP contribution is 2.37. The number of fused-ring (bicyclic) bond motifs is 2. The van der Waals surface area contributed by atoms with Crippen LogP contribution in [0.5, 0.6) is 0 Å². The number of nitrogens with two attached hydrogens (primary N) is 1. The summed E-state index contributed by atoms with van der Waals surface area (Å²) in [6, 6.07) is 22.5. The van der Waals surface area contributed by atoms with Gasteiger partial charge in [0.25, 0.3) is 0 Å². The maximum atomic E-state index is 7.38. The van der Waals surface area contributed by atoms with Crippen molar-refractivity contribution in [2.24, 2.45) is 16.1 Å². The molecule has 178 valence electrons. The highest BCUT2D eigenvalue weighted by atomic mass is 15.2. The average Bonchev–Trinajstić information content (AvgIpc) is 3.33. The van der Waals surface area contributed by atoms with E-state index in [0.29, 0.717) is 11.6 Å². The van der Waals surface area contributed by atoms with Crippen molar-refractivity contribution in [2.75, 3.05) is 0 Å². The minimum absolute atomic E-state index is 0.181. The lowest BCUT2D eigenvalue weighted by Gasteiger charge is -2.25. The Kier molecular flexibility index (Phi) is 5.69. The first kappa shape index (κ1) is 22.0. The van der Waals surface area contributed by atoms with Gasteiger partial charge in [-0.3, -0.25) is 4.98 Å². The van der Waals surface area contributed by atoms with E-state index >= 15 is 0 Å². The molecule has 36 heavy (non-hydrogen) atoms. The van der Waals surface area contributed by atoms with Gasteiger partial charge in [-0.2, -0.15) is 5.10 Å². The minimum atomic E-state index is 0.181. The van der Waals surface area contributed by atoms with Gasteiger partial charge in [0.1, 0.15) is 5.82 Å². The molecule has 0 atom stereocenters. The monoisotopic (exact) mass is 474 g/mol. The van der Waals surface area contributed by atoms with E-state index in [1.807, 2.05) is 60.8 Å². The van der Waals surface area contributed by atoms with E-state index in [2.05, 4.69) is 31.9 Å². The molecular weight excluding hydrogens is 448 g/mol. The van der Waals surface area contributed by atoms with E-state index in [-0.39, 0.29) is 5.84 Å². The molecule has 0 amide bonds. The SMILES string of the molecule is N=N/C(=N\N)c1ccc2c(c1)nc(-c1ccc3ncc(-c4ccccc4)nc3c1)n2C1CCCCC1. The summed E-state index contributed by atoms with van der Waals surface area (Å²) >= 11 is 0. The first-order chi connectivity index (χ1) is 17.7. The number of hydrogen-bond donors (Lipinski definition) is 2. The maximum absolute atomic E-state index is 7.38. The van der Waals surface area contributed by atoms with Crippen LogP contribution >= 0.6 is 0 Å². The zero-order chi connectivity index (χ0) is 24.5. The summed E-state index contributed by atoms with van der Waals surface area (Å²) in [4.78, 5) is 14.7. The second-order valence-electron chi connectivity index (χ2n) is 9.19. The third kappa shape index (κ3) is 3.90. The molecule has 0 radical (unpaired) electrons. The number of amidine groups is 1. The van der Waals surface area contributed by atoms with Crippen LogP contribution in [0.25, 0.3) is 44.7 Å². The van der Waals surface area contributed by atoms with E-state index in [4.69, 9.17) is 21.3 Å². The summed E-state index contributed by atoms with van der Waals surface area (Å²) in [5, 5.41) is 7.09. The van der Waals surface area contributed by atoms with Crippen LogP contribution in [0.3, 0.4) is 0 Å². The van der Waals surface area contributed by atoms with Gasteiger partial charge in [0.15, 0.2) is 5.84 Å². The van der Waals surface area contributed by atoms with Crippen molar-refractivity contribution in [3.63, 3.8) is 0 Å². The summed E-state index contributed by atoms with van der Waals surface area (Å²) in [6.45, 7) is 0. The largest absolute Gasteiger partial charge is 0.321 e. The molecule has 1 saturated carbocycles. The highest BCUT2D eigenvalue weighted by molar-refractivity contribution is 6.01. The van der Waals surface area contributed by atoms with Crippen molar-refractivity contribution in [1.29, 1.82) is 5.53 Å². The molecule has 1 aliphatic rings. The quantitative estimate of drug-likeness (QED) is 0.102. The third-order valence-corrected chi connectivity index (χ3v) is 6.99. The van der Waals surface area contributed by atoms with Gasteiger partial charge < -0.3 is 10.4 Å². The third-order valence-electron chi connectivity index (χ3n) is 6.99. The van der Waals surface area contributed by atoms with Crippen LogP contribution in [-0.4, -0.2) is 25.4 Å². The number of hydrazone groups is 1. The fourth-order valence-corrected chi connectivity index (χ4v) is 5.22. The van der Waals surface area contributed by atoms with Gasteiger partial charge in [0.2, 0.25) is 0 Å². The second-order valence-corrected chi connectivity index (χ2v) is 9.19. The molecule has 8 nitrogen and oxygen atoms in total. The maximum Gasteiger partial charge on any atom is 0.199 e. The van der Waals surface area contributed by atoms with E-state index in [0.717, 1.165) is 57.6 Å². The fourth-order valence-electron chi connectivity index (χ4n) is 5.22. The number of nitrogens with one attached hydrogen (secondary N) is 1. The van der Waals surface area contributed by atoms with Gasteiger partial charge in [-0.1, -0.05) is 49.6 Å². The molecule has 3 N–H and O–H groups in total. The first-order valence-electron chi connectivity index (χ1n) is 12.3. The van der Waals surface area contributed by atoms with Crippen LogP contribution in [0.15, 0.2) is 83.1 Å². The van der Waals surface area contributed by atoms with Crippen LogP contribution in [-0.2, 0) is 0 Å². The van der Waals surface area contributed by atoms with Crippen molar-refractivity contribution in [3.8, 4) is 22.6 Å². The Labute approximate surface area is 208 Å². The molecule has 0 aliphatic heterocycles. The summed E-state index contributed by atoms with van der Waals surface area (Å²) in [7, 11) is 0. The van der Waals surface area contributed by atoms with Crippen LogP contribution in [0, 0.1) is 5.53 Å². The van der Waals surface area contributed by atoms with Gasteiger partial charge >= 0.3 is 0 Å². The molecule has 1 aliphatic carbocycles. The van der Waals surface area contributed by atoms with Gasteiger partial charge in [-0.05, 0) is 49.2 Å². The Morgan fingerprint density at radius 1 is 0.861 bits per heavy atom. The molecule has 0 bridgehead atoms. The fraction of sp³-hybridized carbons (Fsp3) is 0.214. The lowest BCUT2D eigenvalue weighted by molar-refractivity contribution is 0.362. The van der Waals surface area contributed by atoms with Gasteiger partial charge in [0, 0.05) is 22.7 Å². The molecule has 6 rings (SSSR count). The summed E-state index contributed by atoms with van der Waals surface area (Å²) < 4.78 is 2.38. The standard InChI is InChI=1S/C28H26N8/c29-34-27(35-30)19-12-14-26-24(15-19)33-28(36(26)21-9-5-2-6-10-21)20-11-13-22-23(16-20)32-25(17-31-22)18-7-3-1-4-8-18/h1,3-4,7-8,11-17,21,29H,2,5-6,9-10,30H2/b34-29?,35-27-. The molecular formula is C28H26N8. The van der Waals surface area contributed by atoms with E-state index in [9.17, 15) is 0 Å². The summed E-state index contributed by atoms with van der Waals surface area (Å²) in [5.74, 6) is 6.54. The molecule has 2 heterocycles. The van der Waals surface area contributed by atoms with Crippen LogP contribution in [0.4, 0.5) is 0 Å². The molecule has 0 saturated heterocycles. The predicted octanol–water partition coefficient (Wildman–Crippen LogP) is 6.47. The number of imidazole rings is 1. The zero-order valence-electron chi connectivity index (χ0n) is 19.8. The highest BCUT2D eigenvalue weighted by Gasteiger charge is 2.23. The Balaban J connectivity index is 1.52. The van der Waals surface area contributed by atoms with Crippen molar-refractivity contribution in [3.05, 3.63) is 78.5 Å². The van der Waals surface area contributed by atoms with Gasteiger partial charge in [0.05, 0.1) is 34.0 Å². The number of aromatic nitrogens is 4. The zero-order valence-corrected chi connectivity index (χ0v) is 19.8. The Bertz CT molecular complexity index is 1600. The Morgan fingerprint density at radius 3 is 2.47 bits per heavy atom. The molecule has 3 aromatic carbocycles. The second kappa shape index (κ2) is 9.30. The smallest absolute Gasteiger partial charge is 0.199 e. The number of benzene rings is 3. The van der Waals surface area contributed by atoms with Crippen molar-refractivity contribution in [1.82, 2.24) is 19.5 Å². The minimum Gasteiger partial charge on any atom is -0.321 e. The molecule has 5 aromatic rings. The van der Waals surface area contributed by atoms with Gasteiger partial charge in [-0.15, -0.1) is 5.11 Å². The lowest BCUT2D eigenvalue weighted by atomic mass is 9.94. The van der Waals surface area contributed by atoms with Crippen molar-refractivity contribution in [2.45, 2.75) is 38.1 Å². The Morgan fingerprint density at radius 2 is 1.69 bits per heavy atom. The number of rotatable bonds is 4. The molecule has 0 spiro atoms. The van der Waals surface area contributed by atoms with Crippen LogP contribution in [0.2, 0.25) is 0 Å². The topological polar surface area (TPSA) is 118 Å². The van der Waals surface area contributed by atoms with Crippen molar-refractivity contribution >= 4 is 27.9 Å². The number of hydrogen-bond acceptors (Lipinski definition) is 6. The Hall–Kier alpha value is -4.46. The average molecular weight is 475 g/mol. The van der Waals surface area contributed by atoms with Gasteiger partial charge in [-0.25, -0.2) is 15.5 Å². The summed E-state index contributed by atoms with van der Waals surface area (Å²) in [6.07, 6.45) is 7.79. The molecule has 1 fully saturated rings. The van der Waals surface area contributed by atoms with E-state index in [1.54, 1.807) is 0 Å². The number of nitrogens with zero attached hydrogens (tertiary/aromatic N) is 6. The molecule has 0 unspecified atom stereocenters. The van der Waals surface area contributed by atoms with Crippen molar-refractivity contribution < 1.29 is 0 Å².